The zero-order chi connectivity index (χ0) is 17.9. The summed E-state index contributed by atoms with van der Waals surface area (Å²) in [6.07, 6.45) is 2.41. The predicted molar refractivity (Wildman–Crippen MR) is 96.2 cm³/mol. The van der Waals surface area contributed by atoms with Crippen molar-refractivity contribution in [3.8, 4) is 0 Å². The molecule has 0 radical (unpaired) electrons. The second-order valence-corrected chi connectivity index (χ2v) is 6.44. The number of aromatic nitrogens is 4. The van der Waals surface area contributed by atoms with Gasteiger partial charge in [0.25, 0.3) is 0 Å². The number of hydrogen-bond acceptors (Lipinski definition) is 8. The Morgan fingerprint density at radius 1 is 0.846 bits per heavy atom. The molecule has 0 atom stereocenters. The smallest absolute Gasteiger partial charge is 0.227 e. The van der Waals surface area contributed by atoms with Crippen molar-refractivity contribution in [2.75, 3.05) is 67.2 Å². The summed E-state index contributed by atoms with van der Waals surface area (Å²) in [5, 5.41) is 0. The van der Waals surface area contributed by atoms with E-state index in [1.54, 1.807) is 0 Å². The fourth-order valence-corrected chi connectivity index (χ4v) is 3.21. The first-order valence-corrected chi connectivity index (χ1v) is 8.85. The quantitative estimate of drug-likeness (QED) is 0.800. The lowest BCUT2D eigenvalue weighted by atomic mass is 10.3. The molecule has 2 aliphatic rings. The molecule has 4 heterocycles. The zero-order valence-corrected chi connectivity index (χ0v) is 14.8. The van der Waals surface area contributed by atoms with Crippen molar-refractivity contribution in [1.82, 2.24) is 19.9 Å². The lowest BCUT2D eigenvalue weighted by Gasteiger charge is -2.36. The highest BCUT2D eigenvalue weighted by Crippen LogP contribution is 2.20. The first kappa shape index (κ1) is 16.9. The first-order valence-electron chi connectivity index (χ1n) is 8.85. The number of ether oxygens (including phenoxy) is 1. The number of hydrogen-bond donors (Lipinski definition) is 0. The number of halogens is 1. The standard InChI is InChI=1S/C17H22FN7O/c1-13-10-15(22-17(21-13)25-6-8-26-9-7-25)23-2-4-24(5-3-23)16-19-11-14(18)12-20-16/h10-12H,2-9H2,1H3. The van der Waals surface area contributed by atoms with E-state index in [4.69, 9.17) is 9.72 Å². The molecule has 4 rings (SSSR count). The molecule has 2 fully saturated rings. The maximum Gasteiger partial charge on any atom is 0.227 e. The molecule has 0 spiro atoms. The summed E-state index contributed by atoms with van der Waals surface area (Å²) in [4.78, 5) is 24.0. The van der Waals surface area contributed by atoms with Crippen LogP contribution in [0.2, 0.25) is 0 Å². The highest BCUT2D eigenvalue weighted by Gasteiger charge is 2.22. The van der Waals surface area contributed by atoms with Crippen LogP contribution in [0.1, 0.15) is 5.69 Å². The lowest BCUT2D eigenvalue weighted by molar-refractivity contribution is 0.122. The Hall–Kier alpha value is -2.55. The van der Waals surface area contributed by atoms with Crippen molar-refractivity contribution in [3.63, 3.8) is 0 Å². The Morgan fingerprint density at radius 2 is 1.46 bits per heavy atom. The molecule has 0 N–H and O–H groups in total. The molecule has 9 heteroatoms. The molecule has 26 heavy (non-hydrogen) atoms. The zero-order valence-electron chi connectivity index (χ0n) is 14.8. The molecule has 138 valence electrons. The molecule has 2 aliphatic heterocycles. The average molecular weight is 359 g/mol. The van der Waals surface area contributed by atoms with Gasteiger partial charge in [0.05, 0.1) is 25.6 Å². The molecule has 0 bridgehead atoms. The molecular weight excluding hydrogens is 337 g/mol. The normalized spacial score (nSPS) is 18.3. The highest BCUT2D eigenvalue weighted by molar-refractivity contribution is 5.48. The maximum atomic E-state index is 13.0. The van der Waals surface area contributed by atoms with Crippen LogP contribution in [0, 0.1) is 12.7 Å². The van der Waals surface area contributed by atoms with Crippen molar-refractivity contribution in [3.05, 3.63) is 30.0 Å². The highest BCUT2D eigenvalue weighted by atomic mass is 19.1. The van der Waals surface area contributed by atoms with Gasteiger partial charge in [-0.05, 0) is 6.92 Å². The first-order chi connectivity index (χ1) is 12.7. The van der Waals surface area contributed by atoms with E-state index in [1.165, 1.54) is 12.4 Å². The lowest BCUT2D eigenvalue weighted by Crippen LogP contribution is -2.47. The SMILES string of the molecule is Cc1cc(N2CCN(c3ncc(F)cn3)CC2)nc(N2CCOCC2)n1. The van der Waals surface area contributed by atoms with Crippen molar-refractivity contribution in [2.24, 2.45) is 0 Å². The van der Waals surface area contributed by atoms with E-state index in [2.05, 4.69) is 29.7 Å². The molecule has 2 aromatic rings. The summed E-state index contributed by atoms with van der Waals surface area (Å²) < 4.78 is 18.4. The molecule has 0 aliphatic carbocycles. The monoisotopic (exact) mass is 359 g/mol. The van der Waals surface area contributed by atoms with Crippen LogP contribution >= 0.6 is 0 Å². The molecule has 0 amide bonds. The number of aryl methyl sites for hydroxylation is 1. The third-order valence-corrected chi connectivity index (χ3v) is 4.62. The van der Waals surface area contributed by atoms with E-state index in [1.807, 2.05) is 13.0 Å². The minimum Gasteiger partial charge on any atom is -0.378 e. The van der Waals surface area contributed by atoms with Gasteiger partial charge in [0.15, 0.2) is 5.82 Å². The average Bonchev–Trinajstić information content (AvgIpc) is 2.69. The van der Waals surface area contributed by atoms with Crippen molar-refractivity contribution in [2.45, 2.75) is 6.92 Å². The molecule has 0 unspecified atom stereocenters. The Balaban J connectivity index is 1.45. The Kier molecular flexibility index (Phi) is 4.79. The summed E-state index contributed by atoms with van der Waals surface area (Å²) in [6.45, 7) is 8.20. The van der Waals surface area contributed by atoms with Gasteiger partial charge in [0.2, 0.25) is 11.9 Å². The molecule has 8 nitrogen and oxygen atoms in total. The van der Waals surface area contributed by atoms with Gasteiger partial charge in [-0.3, -0.25) is 0 Å². The third kappa shape index (κ3) is 3.67. The molecule has 2 saturated heterocycles. The van der Waals surface area contributed by atoms with E-state index in [0.717, 1.165) is 56.7 Å². The van der Waals surface area contributed by atoms with Crippen molar-refractivity contribution >= 4 is 17.7 Å². The number of nitrogens with zero attached hydrogens (tertiary/aromatic N) is 7. The summed E-state index contributed by atoms with van der Waals surface area (Å²) in [5.41, 5.74) is 0.959. The number of piperazine rings is 1. The van der Waals surface area contributed by atoms with Crippen LogP contribution in [0.4, 0.5) is 22.1 Å². The number of anilines is 3. The Labute approximate surface area is 151 Å². The minimum absolute atomic E-state index is 0.417. The Morgan fingerprint density at radius 3 is 2.15 bits per heavy atom. The fraction of sp³-hybridized carbons (Fsp3) is 0.529. The summed E-state index contributed by atoms with van der Waals surface area (Å²) in [6, 6.07) is 2.02. The van der Waals surface area contributed by atoms with E-state index in [-0.39, 0.29) is 0 Å². The second-order valence-electron chi connectivity index (χ2n) is 6.44. The maximum absolute atomic E-state index is 13.0. The van der Waals surface area contributed by atoms with Gasteiger partial charge < -0.3 is 19.4 Å². The van der Waals surface area contributed by atoms with Crippen LogP contribution in [0.25, 0.3) is 0 Å². The van der Waals surface area contributed by atoms with Crippen LogP contribution in [-0.4, -0.2) is 72.4 Å². The fourth-order valence-electron chi connectivity index (χ4n) is 3.21. The topological polar surface area (TPSA) is 70.5 Å². The van der Waals surface area contributed by atoms with Crippen LogP contribution in [-0.2, 0) is 4.74 Å². The predicted octanol–water partition coefficient (Wildman–Crippen LogP) is 0.877. The summed E-state index contributed by atoms with van der Waals surface area (Å²) in [7, 11) is 0. The van der Waals surface area contributed by atoms with Gasteiger partial charge in [-0.25, -0.2) is 19.3 Å². The molecule has 2 aromatic heterocycles. The third-order valence-electron chi connectivity index (χ3n) is 4.62. The Bertz CT molecular complexity index is 743. The van der Waals surface area contributed by atoms with E-state index in [0.29, 0.717) is 19.2 Å². The number of morpholine rings is 1. The molecule has 0 saturated carbocycles. The van der Waals surface area contributed by atoms with Crippen LogP contribution in [0.3, 0.4) is 0 Å². The van der Waals surface area contributed by atoms with Crippen molar-refractivity contribution < 1.29 is 9.13 Å². The van der Waals surface area contributed by atoms with E-state index < -0.39 is 5.82 Å². The van der Waals surface area contributed by atoms with Gasteiger partial charge in [-0.1, -0.05) is 0 Å². The van der Waals surface area contributed by atoms with Crippen LogP contribution < -0.4 is 14.7 Å². The van der Waals surface area contributed by atoms with E-state index in [9.17, 15) is 4.39 Å². The van der Waals surface area contributed by atoms with E-state index >= 15 is 0 Å². The van der Waals surface area contributed by atoms with Gasteiger partial charge in [-0.15, -0.1) is 0 Å². The van der Waals surface area contributed by atoms with Gasteiger partial charge in [0, 0.05) is 51.0 Å². The molecule has 0 aromatic carbocycles. The van der Waals surface area contributed by atoms with Crippen molar-refractivity contribution in [1.29, 1.82) is 0 Å². The summed E-state index contributed by atoms with van der Waals surface area (Å²) in [5.74, 6) is 1.87. The number of rotatable bonds is 3. The van der Waals surface area contributed by atoms with Gasteiger partial charge in [0.1, 0.15) is 5.82 Å². The summed E-state index contributed by atoms with van der Waals surface area (Å²) >= 11 is 0. The van der Waals surface area contributed by atoms with Gasteiger partial charge in [-0.2, -0.15) is 4.98 Å². The largest absolute Gasteiger partial charge is 0.378 e. The van der Waals surface area contributed by atoms with Crippen LogP contribution in [0.15, 0.2) is 18.5 Å². The minimum atomic E-state index is -0.417. The van der Waals surface area contributed by atoms with Crippen LogP contribution in [0.5, 0.6) is 0 Å². The second kappa shape index (κ2) is 7.36. The molecular formula is C17H22FN7O. The van der Waals surface area contributed by atoms with Gasteiger partial charge >= 0.3 is 0 Å².